The molecule has 38 heavy (non-hydrogen) atoms. The normalized spacial score (nSPS) is 18.9. The minimum absolute atomic E-state index is 0.136. The van der Waals surface area contributed by atoms with Crippen LogP contribution in [0.1, 0.15) is 45.7 Å². The molecule has 0 amide bonds. The van der Waals surface area contributed by atoms with Crippen molar-refractivity contribution in [2.75, 3.05) is 18.0 Å². The van der Waals surface area contributed by atoms with E-state index in [1.54, 1.807) is 12.4 Å². The Morgan fingerprint density at radius 2 is 1.58 bits per heavy atom. The molecule has 0 spiro atoms. The molecule has 0 radical (unpaired) electrons. The van der Waals surface area contributed by atoms with Gasteiger partial charge in [0, 0.05) is 49.7 Å². The second-order valence-corrected chi connectivity index (χ2v) is 11.7. The topological polar surface area (TPSA) is 60.9 Å². The number of hydrogen-bond acceptors (Lipinski definition) is 5. The average molecular weight is 505 g/mol. The number of imidazole rings is 1. The van der Waals surface area contributed by atoms with E-state index < -0.39 is 0 Å². The first kappa shape index (κ1) is 24.6. The predicted molar refractivity (Wildman–Crippen MR) is 156 cm³/mol. The monoisotopic (exact) mass is 504 g/mol. The summed E-state index contributed by atoms with van der Waals surface area (Å²) in [5, 5.41) is 0. The van der Waals surface area contributed by atoms with Crippen molar-refractivity contribution in [3.05, 3.63) is 84.2 Å². The van der Waals surface area contributed by atoms with E-state index in [9.17, 15) is 0 Å². The Hall–Kier alpha value is -3.77. The van der Waals surface area contributed by atoms with Crippen LogP contribution in [0.25, 0.3) is 33.5 Å². The van der Waals surface area contributed by atoms with Crippen LogP contribution in [0.5, 0.6) is 0 Å². The number of hydrogen-bond donors (Lipinski definition) is 1. The fraction of sp³-hybridized carbons (Fsp3) is 0.344. The van der Waals surface area contributed by atoms with E-state index in [2.05, 4.69) is 120 Å². The highest BCUT2D eigenvalue weighted by atomic mass is 15.3. The Morgan fingerprint density at radius 1 is 0.868 bits per heavy atom. The van der Waals surface area contributed by atoms with Crippen molar-refractivity contribution in [3.8, 4) is 11.4 Å². The van der Waals surface area contributed by atoms with Gasteiger partial charge in [-0.1, -0.05) is 57.2 Å². The highest BCUT2D eigenvalue weighted by molar-refractivity contribution is 5.91. The third-order valence-electron chi connectivity index (χ3n) is 7.86. The van der Waals surface area contributed by atoms with E-state index in [0.717, 1.165) is 53.1 Å². The minimum Gasteiger partial charge on any atom is -0.367 e. The van der Waals surface area contributed by atoms with E-state index in [4.69, 9.17) is 4.98 Å². The van der Waals surface area contributed by atoms with Gasteiger partial charge in [-0.3, -0.25) is 14.9 Å². The molecule has 1 N–H and O–H groups in total. The molecule has 6 nitrogen and oxygen atoms in total. The molecule has 1 saturated heterocycles. The van der Waals surface area contributed by atoms with Crippen LogP contribution < -0.4 is 4.90 Å². The maximum Gasteiger partial charge on any atom is 0.138 e. The summed E-state index contributed by atoms with van der Waals surface area (Å²) in [5.74, 6) is 0.923. The van der Waals surface area contributed by atoms with Crippen LogP contribution in [0.15, 0.2) is 73.1 Å². The molecule has 1 aliphatic heterocycles. The van der Waals surface area contributed by atoms with Gasteiger partial charge in [-0.05, 0) is 54.7 Å². The van der Waals surface area contributed by atoms with Crippen LogP contribution in [-0.4, -0.2) is 50.0 Å². The van der Waals surface area contributed by atoms with Gasteiger partial charge in [0.2, 0.25) is 0 Å². The average Bonchev–Trinajstić information content (AvgIpc) is 3.35. The molecule has 0 bridgehead atoms. The highest BCUT2D eigenvalue weighted by Crippen LogP contribution is 2.32. The van der Waals surface area contributed by atoms with E-state index in [0.29, 0.717) is 12.1 Å². The fourth-order valence-corrected chi connectivity index (χ4v) is 5.72. The number of rotatable bonds is 4. The Balaban J connectivity index is 1.23. The summed E-state index contributed by atoms with van der Waals surface area (Å²) < 4.78 is 0. The Kier molecular flexibility index (Phi) is 6.15. The molecule has 5 aromatic rings. The molecule has 6 heteroatoms. The van der Waals surface area contributed by atoms with Crippen molar-refractivity contribution < 1.29 is 0 Å². The Labute approximate surface area is 224 Å². The van der Waals surface area contributed by atoms with Gasteiger partial charge in [0.05, 0.1) is 22.2 Å². The van der Waals surface area contributed by atoms with Crippen LogP contribution >= 0.6 is 0 Å². The fourth-order valence-electron chi connectivity index (χ4n) is 5.72. The summed E-state index contributed by atoms with van der Waals surface area (Å²) in [5.41, 5.74) is 9.09. The number of fused-ring (bicyclic) bond motifs is 2. The molecule has 0 unspecified atom stereocenters. The molecule has 0 saturated carbocycles. The first-order chi connectivity index (χ1) is 18.3. The lowest BCUT2D eigenvalue weighted by Gasteiger charge is -2.45. The summed E-state index contributed by atoms with van der Waals surface area (Å²) in [7, 11) is 0. The molecule has 2 atom stereocenters. The van der Waals surface area contributed by atoms with E-state index in [1.165, 1.54) is 16.8 Å². The number of aromatic nitrogens is 4. The van der Waals surface area contributed by atoms with Gasteiger partial charge in [-0.15, -0.1) is 0 Å². The van der Waals surface area contributed by atoms with Crippen LogP contribution in [-0.2, 0) is 12.0 Å². The lowest BCUT2D eigenvalue weighted by atomic mass is 9.87. The molecule has 6 rings (SSSR count). The molecule has 1 aliphatic rings. The van der Waals surface area contributed by atoms with Crippen molar-refractivity contribution >= 4 is 27.8 Å². The van der Waals surface area contributed by atoms with Gasteiger partial charge in [0.15, 0.2) is 0 Å². The number of aromatic amines is 1. The van der Waals surface area contributed by atoms with Crippen LogP contribution in [0.2, 0.25) is 0 Å². The number of para-hydroxylation sites is 1. The lowest BCUT2D eigenvalue weighted by molar-refractivity contribution is 0.123. The molecular formula is C32H36N6. The number of anilines is 1. The number of benzene rings is 3. The molecule has 1 fully saturated rings. The van der Waals surface area contributed by atoms with E-state index in [-0.39, 0.29) is 5.41 Å². The van der Waals surface area contributed by atoms with E-state index >= 15 is 0 Å². The van der Waals surface area contributed by atoms with Gasteiger partial charge in [-0.25, -0.2) is 4.98 Å². The summed E-state index contributed by atoms with van der Waals surface area (Å²) in [6, 6.07) is 22.5. The summed E-state index contributed by atoms with van der Waals surface area (Å²) in [4.78, 5) is 22.7. The number of piperazine rings is 1. The van der Waals surface area contributed by atoms with E-state index in [1.807, 2.05) is 0 Å². The van der Waals surface area contributed by atoms with Crippen molar-refractivity contribution in [1.29, 1.82) is 0 Å². The van der Waals surface area contributed by atoms with Gasteiger partial charge in [-0.2, -0.15) is 0 Å². The maximum absolute atomic E-state index is 5.09. The van der Waals surface area contributed by atoms with Gasteiger partial charge < -0.3 is 9.88 Å². The largest absolute Gasteiger partial charge is 0.367 e. The minimum atomic E-state index is 0.136. The lowest BCUT2D eigenvalue weighted by Crippen LogP contribution is -2.56. The summed E-state index contributed by atoms with van der Waals surface area (Å²) in [6.45, 7) is 14.2. The number of nitrogens with one attached hydrogen (secondary N) is 1. The van der Waals surface area contributed by atoms with Crippen LogP contribution in [0.3, 0.4) is 0 Å². The predicted octanol–water partition coefficient (Wildman–Crippen LogP) is 6.57. The smallest absolute Gasteiger partial charge is 0.138 e. The molecule has 194 valence electrons. The summed E-state index contributed by atoms with van der Waals surface area (Å²) in [6.07, 6.45) is 3.51. The zero-order chi connectivity index (χ0) is 26.4. The Bertz CT molecular complexity index is 1570. The number of H-pyrrole nitrogens is 1. The zero-order valence-corrected chi connectivity index (χ0v) is 22.9. The second kappa shape index (κ2) is 9.52. The molecule has 2 aromatic heterocycles. The SMILES string of the molecule is C[C@H]1CN(c2cccc3[nH]c(-c4ccc(C(C)(C)C)cc4)nc23)C[C@H](C)N1Cc1ccc2nccnc2c1. The molecule has 3 aromatic carbocycles. The van der Waals surface area contributed by atoms with Crippen molar-refractivity contribution in [1.82, 2.24) is 24.8 Å². The third-order valence-corrected chi connectivity index (χ3v) is 7.86. The van der Waals surface area contributed by atoms with Crippen molar-refractivity contribution in [3.63, 3.8) is 0 Å². The maximum atomic E-state index is 5.09. The summed E-state index contributed by atoms with van der Waals surface area (Å²) >= 11 is 0. The molecule has 3 heterocycles. The second-order valence-electron chi connectivity index (χ2n) is 11.7. The molecule has 0 aliphatic carbocycles. The third kappa shape index (κ3) is 4.65. The quantitative estimate of drug-likeness (QED) is 0.300. The van der Waals surface area contributed by atoms with Crippen molar-refractivity contribution in [2.45, 2.75) is 58.7 Å². The van der Waals surface area contributed by atoms with Crippen LogP contribution in [0, 0.1) is 0 Å². The van der Waals surface area contributed by atoms with Crippen molar-refractivity contribution in [2.24, 2.45) is 0 Å². The highest BCUT2D eigenvalue weighted by Gasteiger charge is 2.30. The van der Waals surface area contributed by atoms with Gasteiger partial charge >= 0.3 is 0 Å². The standard InChI is InChI=1S/C32H36N6/c1-21-18-37(19-22(2)38(21)20-23-9-14-26-28(17-23)34-16-15-33-26)29-8-6-7-27-30(29)36-31(35-27)24-10-12-25(13-11-24)32(3,4)5/h6-17,21-22H,18-20H2,1-5H3,(H,35,36)/t21-,22-/m0/s1. The number of nitrogens with zero attached hydrogens (tertiary/aromatic N) is 5. The Morgan fingerprint density at radius 3 is 2.29 bits per heavy atom. The first-order valence-corrected chi connectivity index (χ1v) is 13.6. The van der Waals surface area contributed by atoms with Gasteiger partial charge in [0.25, 0.3) is 0 Å². The van der Waals surface area contributed by atoms with Crippen LogP contribution in [0.4, 0.5) is 5.69 Å². The first-order valence-electron chi connectivity index (χ1n) is 13.6. The molecular weight excluding hydrogens is 468 g/mol. The van der Waals surface area contributed by atoms with Gasteiger partial charge in [0.1, 0.15) is 11.3 Å². The zero-order valence-electron chi connectivity index (χ0n) is 22.9.